The monoisotopic (exact) mass is 383 g/mol. The van der Waals surface area contributed by atoms with Gasteiger partial charge >= 0.3 is 17.9 Å². The van der Waals surface area contributed by atoms with Gasteiger partial charge in [-0.15, -0.1) is 0 Å². The van der Waals surface area contributed by atoms with E-state index in [-0.39, 0.29) is 23.7 Å². The molecule has 4 rings (SSSR count). The number of carboxylic acid groups (broad SMARTS) is 2. The molecule has 0 spiro atoms. The highest BCUT2D eigenvalue weighted by Gasteiger charge is 2.54. The molecule has 2 aromatic rings. The number of ether oxygens (including phenoxy) is 1. The lowest BCUT2D eigenvalue weighted by molar-refractivity contribution is -0.137. The van der Waals surface area contributed by atoms with E-state index in [1.807, 2.05) is 36.2 Å². The molecule has 3 unspecified atom stereocenters. The Morgan fingerprint density at radius 3 is 2.86 bits per heavy atom. The number of hydrogen-bond acceptors (Lipinski definition) is 6. The van der Waals surface area contributed by atoms with Gasteiger partial charge in [-0.2, -0.15) is 4.98 Å². The lowest BCUT2D eigenvalue weighted by Crippen LogP contribution is -2.55. The average Bonchev–Trinajstić information content (AvgIpc) is 2.85. The van der Waals surface area contributed by atoms with E-state index in [9.17, 15) is 14.7 Å². The molecule has 0 amide bonds. The highest BCUT2D eigenvalue weighted by atomic mass is 16.5. The summed E-state index contributed by atoms with van der Waals surface area (Å²) in [6.07, 6.45) is 4.69. The Labute approximate surface area is 161 Å². The lowest BCUT2D eigenvalue weighted by atomic mass is 9.80. The lowest BCUT2D eigenvalue weighted by Gasteiger charge is -2.45. The maximum Gasteiger partial charge on any atom is 0.333 e. The third kappa shape index (κ3) is 3.09. The number of likely N-dealkylation sites (N-methyl/N-ethyl adjacent to an activating group) is 1. The highest BCUT2D eigenvalue weighted by molar-refractivity contribution is 5.96. The second-order valence-electron chi connectivity index (χ2n) is 7.43. The molecule has 0 saturated carbocycles. The van der Waals surface area contributed by atoms with Gasteiger partial charge in [0.1, 0.15) is 6.10 Å². The SMILES string of the molecule is CN1C2CCC1(/C(=C\C(=O)O)C(=O)O)CC(Oc1ncc3ccccc3n1)C2. The van der Waals surface area contributed by atoms with Gasteiger partial charge in [0.15, 0.2) is 0 Å². The van der Waals surface area contributed by atoms with Gasteiger partial charge in [0.2, 0.25) is 0 Å². The Hall–Kier alpha value is -3.00. The number of carbonyl (C=O) groups is 2. The molecule has 28 heavy (non-hydrogen) atoms. The number of aliphatic carboxylic acids is 2. The van der Waals surface area contributed by atoms with E-state index < -0.39 is 17.5 Å². The summed E-state index contributed by atoms with van der Waals surface area (Å²) in [4.78, 5) is 33.8. The highest BCUT2D eigenvalue weighted by Crippen LogP contribution is 2.48. The standard InChI is InChI=1S/C20H21N3O5/c1-23-13-6-7-20(23,15(18(26)27)9-17(24)25)10-14(8-13)28-19-21-11-12-4-2-3-5-16(12)22-19/h2-5,9,11,13-14H,6-8,10H2,1H3,(H,24,25)(H,26,27)/b15-9-. The Kier molecular flexibility index (Phi) is 4.50. The van der Waals surface area contributed by atoms with E-state index in [4.69, 9.17) is 9.84 Å². The molecule has 8 heteroatoms. The van der Waals surface area contributed by atoms with Crippen LogP contribution in [0.1, 0.15) is 25.7 Å². The van der Waals surface area contributed by atoms with E-state index in [1.54, 1.807) is 6.20 Å². The van der Waals surface area contributed by atoms with Crippen LogP contribution in [0.3, 0.4) is 0 Å². The molecule has 3 heterocycles. The number of para-hydroxylation sites is 1. The summed E-state index contributed by atoms with van der Waals surface area (Å²) in [6.45, 7) is 0. The number of benzene rings is 1. The van der Waals surface area contributed by atoms with Crippen molar-refractivity contribution in [3.05, 3.63) is 42.1 Å². The molecule has 3 atom stereocenters. The molecule has 0 radical (unpaired) electrons. The number of aromatic nitrogens is 2. The van der Waals surface area contributed by atoms with Gasteiger partial charge in [0.05, 0.1) is 16.6 Å². The van der Waals surface area contributed by atoms with Crippen LogP contribution in [0.15, 0.2) is 42.1 Å². The van der Waals surface area contributed by atoms with Gasteiger partial charge in [-0.3, -0.25) is 4.90 Å². The van der Waals surface area contributed by atoms with Crippen LogP contribution in [0.5, 0.6) is 6.01 Å². The quantitative estimate of drug-likeness (QED) is 0.755. The van der Waals surface area contributed by atoms with Crippen LogP contribution in [-0.4, -0.2) is 61.8 Å². The first kappa shape index (κ1) is 18.4. The van der Waals surface area contributed by atoms with Crippen molar-refractivity contribution in [3.8, 4) is 6.01 Å². The molecule has 8 nitrogen and oxygen atoms in total. The van der Waals surface area contributed by atoms with E-state index in [0.29, 0.717) is 19.3 Å². The number of piperidine rings is 1. The summed E-state index contributed by atoms with van der Waals surface area (Å²) in [5, 5.41) is 19.8. The molecule has 2 fully saturated rings. The number of rotatable bonds is 5. The summed E-state index contributed by atoms with van der Waals surface area (Å²) in [7, 11) is 1.86. The molecule has 2 aliphatic rings. The first-order chi connectivity index (χ1) is 13.4. The van der Waals surface area contributed by atoms with Crippen molar-refractivity contribution in [2.45, 2.75) is 43.4 Å². The van der Waals surface area contributed by atoms with Crippen molar-refractivity contribution in [2.75, 3.05) is 7.05 Å². The second kappa shape index (κ2) is 6.87. The predicted molar refractivity (Wildman–Crippen MR) is 100 cm³/mol. The van der Waals surface area contributed by atoms with Crippen molar-refractivity contribution in [1.82, 2.24) is 14.9 Å². The normalized spacial score (nSPS) is 27.7. The zero-order valence-corrected chi connectivity index (χ0v) is 15.4. The van der Waals surface area contributed by atoms with E-state index in [1.165, 1.54) is 0 Å². The average molecular weight is 383 g/mol. The molecule has 2 aliphatic heterocycles. The van der Waals surface area contributed by atoms with E-state index >= 15 is 0 Å². The molecular formula is C20H21N3O5. The number of hydrogen-bond donors (Lipinski definition) is 2. The number of carboxylic acids is 2. The van der Waals surface area contributed by atoms with E-state index in [2.05, 4.69) is 9.97 Å². The smallest absolute Gasteiger partial charge is 0.333 e. The minimum Gasteiger partial charge on any atom is -0.478 e. The number of fused-ring (bicyclic) bond motifs is 3. The van der Waals surface area contributed by atoms with Crippen molar-refractivity contribution in [1.29, 1.82) is 0 Å². The van der Waals surface area contributed by atoms with Crippen LogP contribution in [0.25, 0.3) is 10.9 Å². The minimum atomic E-state index is -1.26. The molecular weight excluding hydrogens is 362 g/mol. The second-order valence-corrected chi connectivity index (χ2v) is 7.43. The number of nitrogens with zero attached hydrogens (tertiary/aromatic N) is 3. The van der Waals surface area contributed by atoms with Gasteiger partial charge in [-0.05, 0) is 26.0 Å². The Bertz CT molecular complexity index is 975. The van der Waals surface area contributed by atoms with Crippen LogP contribution < -0.4 is 4.74 Å². The molecule has 0 aliphatic carbocycles. The Morgan fingerprint density at radius 2 is 2.11 bits per heavy atom. The first-order valence-corrected chi connectivity index (χ1v) is 9.19. The molecule has 2 N–H and O–H groups in total. The van der Waals surface area contributed by atoms with Crippen molar-refractivity contribution < 1.29 is 24.5 Å². The molecule has 146 valence electrons. The van der Waals surface area contributed by atoms with Gasteiger partial charge in [-0.25, -0.2) is 14.6 Å². The van der Waals surface area contributed by atoms with Gasteiger partial charge in [0, 0.05) is 36.5 Å². The van der Waals surface area contributed by atoms with Crippen molar-refractivity contribution in [3.63, 3.8) is 0 Å². The topological polar surface area (TPSA) is 113 Å². The summed E-state index contributed by atoms with van der Waals surface area (Å²) in [5.41, 5.74) is -0.192. The third-order valence-electron chi connectivity index (χ3n) is 5.95. The van der Waals surface area contributed by atoms with Crippen LogP contribution in [0, 0.1) is 0 Å². The maximum atomic E-state index is 11.9. The van der Waals surface area contributed by atoms with Gasteiger partial charge in [-0.1, -0.05) is 18.2 Å². The summed E-state index contributed by atoms with van der Waals surface area (Å²) < 4.78 is 6.04. The van der Waals surface area contributed by atoms with Crippen LogP contribution in [-0.2, 0) is 9.59 Å². The fourth-order valence-electron chi connectivity index (χ4n) is 4.61. The molecule has 1 aromatic carbocycles. The summed E-state index contributed by atoms with van der Waals surface area (Å²) in [6, 6.07) is 7.96. The zero-order chi connectivity index (χ0) is 19.9. The molecule has 2 saturated heterocycles. The summed E-state index contributed by atoms with van der Waals surface area (Å²) in [5.74, 6) is -2.47. The Morgan fingerprint density at radius 1 is 1.32 bits per heavy atom. The fraction of sp³-hybridized carbons (Fsp3) is 0.400. The molecule has 2 bridgehead atoms. The van der Waals surface area contributed by atoms with Gasteiger partial charge in [0.25, 0.3) is 0 Å². The largest absolute Gasteiger partial charge is 0.478 e. The zero-order valence-electron chi connectivity index (χ0n) is 15.4. The Balaban J connectivity index is 1.63. The maximum absolute atomic E-state index is 11.9. The van der Waals surface area contributed by atoms with Crippen molar-refractivity contribution >= 4 is 22.8 Å². The minimum absolute atomic E-state index is 0.0993. The summed E-state index contributed by atoms with van der Waals surface area (Å²) >= 11 is 0. The van der Waals surface area contributed by atoms with Gasteiger partial charge < -0.3 is 14.9 Å². The molecule has 1 aromatic heterocycles. The fourth-order valence-corrected chi connectivity index (χ4v) is 4.61. The third-order valence-corrected chi connectivity index (χ3v) is 5.95. The van der Waals surface area contributed by atoms with Crippen LogP contribution in [0.4, 0.5) is 0 Å². The predicted octanol–water partition coefficient (Wildman–Crippen LogP) is 2.10. The first-order valence-electron chi connectivity index (χ1n) is 9.19. The van der Waals surface area contributed by atoms with E-state index in [0.717, 1.165) is 23.4 Å². The van der Waals surface area contributed by atoms with Crippen LogP contribution in [0.2, 0.25) is 0 Å². The van der Waals surface area contributed by atoms with Crippen LogP contribution >= 0.6 is 0 Å². The van der Waals surface area contributed by atoms with Crippen molar-refractivity contribution in [2.24, 2.45) is 0 Å².